The highest BCUT2D eigenvalue weighted by atomic mass is 16.3. The van der Waals surface area contributed by atoms with Crippen molar-refractivity contribution in [3.8, 4) is 0 Å². The van der Waals surface area contributed by atoms with E-state index in [0.717, 1.165) is 22.2 Å². The number of aromatic nitrogens is 2. The van der Waals surface area contributed by atoms with E-state index in [-0.39, 0.29) is 0 Å². The van der Waals surface area contributed by atoms with E-state index in [1.807, 2.05) is 48.1 Å². The normalized spacial score (nSPS) is 12.8. The van der Waals surface area contributed by atoms with Crippen molar-refractivity contribution in [2.75, 3.05) is 0 Å². The highest BCUT2D eigenvalue weighted by Gasteiger charge is 2.17. The third kappa shape index (κ3) is 2.21. The zero-order valence-electron chi connectivity index (χ0n) is 11.7. The molecule has 0 radical (unpaired) electrons. The molecule has 1 heterocycles. The minimum absolute atomic E-state index is 0.581. The third-order valence-electron chi connectivity index (χ3n) is 3.78. The molecule has 0 bridgehead atoms. The Morgan fingerprint density at radius 3 is 2.60 bits per heavy atom. The van der Waals surface area contributed by atoms with E-state index in [4.69, 9.17) is 0 Å². The van der Waals surface area contributed by atoms with Gasteiger partial charge in [-0.15, -0.1) is 0 Å². The second-order valence-corrected chi connectivity index (χ2v) is 5.17. The average Bonchev–Trinajstić information content (AvgIpc) is 2.79. The van der Waals surface area contributed by atoms with Gasteiger partial charge in [-0.05, 0) is 24.1 Å². The summed E-state index contributed by atoms with van der Waals surface area (Å²) in [4.78, 5) is 0. The Labute approximate surface area is 118 Å². The lowest BCUT2D eigenvalue weighted by Crippen LogP contribution is -2.05. The van der Waals surface area contributed by atoms with E-state index in [2.05, 4.69) is 24.2 Å². The third-order valence-corrected chi connectivity index (χ3v) is 3.78. The molecular formula is C17H18N2O. The number of rotatable bonds is 3. The lowest BCUT2D eigenvalue weighted by molar-refractivity contribution is 0.174. The maximum atomic E-state index is 10.5. The van der Waals surface area contributed by atoms with E-state index in [0.29, 0.717) is 6.42 Å². The lowest BCUT2D eigenvalue weighted by atomic mass is 10.00. The first-order valence-corrected chi connectivity index (χ1v) is 6.81. The molecule has 0 amide bonds. The summed E-state index contributed by atoms with van der Waals surface area (Å²) >= 11 is 0. The van der Waals surface area contributed by atoms with E-state index >= 15 is 0 Å². The number of benzene rings is 2. The predicted molar refractivity (Wildman–Crippen MR) is 80.6 cm³/mol. The van der Waals surface area contributed by atoms with Crippen LogP contribution >= 0.6 is 0 Å². The Morgan fingerprint density at radius 1 is 1.10 bits per heavy atom. The molecule has 0 saturated carbocycles. The van der Waals surface area contributed by atoms with Gasteiger partial charge in [0.1, 0.15) is 6.10 Å². The van der Waals surface area contributed by atoms with E-state index in [1.165, 1.54) is 5.56 Å². The summed E-state index contributed by atoms with van der Waals surface area (Å²) < 4.78 is 1.83. The van der Waals surface area contributed by atoms with Gasteiger partial charge in [-0.3, -0.25) is 4.68 Å². The van der Waals surface area contributed by atoms with Crippen LogP contribution in [0.4, 0.5) is 0 Å². The second kappa shape index (κ2) is 5.10. The maximum Gasteiger partial charge on any atom is 0.102 e. The van der Waals surface area contributed by atoms with Gasteiger partial charge in [0.15, 0.2) is 0 Å². The molecule has 0 fully saturated rings. The number of fused-ring (bicyclic) bond motifs is 1. The second-order valence-electron chi connectivity index (χ2n) is 5.17. The molecule has 0 aliphatic carbocycles. The fraction of sp³-hybridized carbons (Fsp3) is 0.235. The Bertz CT molecular complexity index is 746. The Morgan fingerprint density at radius 2 is 1.80 bits per heavy atom. The molecule has 2 aromatic carbocycles. The zero-order chi connectivity index (χ0) is 14.1. The molecule has 3 heteroatoms. The van der Waals surface area contributed by atoms with Crippen LogP contribution in [0.2, 0.25) is 0 Å². The minimum atomic E-state index is -0.581. The van der Waals surface area contributed by atoms with E-state index in [9.17, 15) is 5.11 Å². The van der Waals surface area contributed by atoms with E-state index < -0.39 is 6.10 Å². The monoisotopic (exact) mass is 266 g/mol. The summed E-state index contributed by atoms with van der Waals surface area (Å²) in [5.41, 5.74) is 4.17. The summed E-state index contributed by atoms with van der Waals surface area (Å²) in [5, 5.41) is 16.0. The highest BCUT2D eigenvalue weighted by Crippen LogP contribution is 2.26. The first kappa shape index (κ1) is 12.9. The van der Waals surface area contributed by atoms with Gasteiger partial charge < -0.3 is 5.11 Å². The summed E-state index contributed by atoms with van der Waals surface area (Å²) in [6, 6.07) is 16.1. The van der Waals surface area contributed by atoms with Gasteiger partial charge in [-0.2, -0.15) is 5.10 Å². The molecule has 0 aliphatic rings. The summed E-state index contributed by atoms with van der Waals surface area (Å²) in [5.74, 6) is 0. The molecule has 102 valence electrons. The molecule has 3 aromatic rings. The van der Waals surface area contributed by atoms with Crippen LogP contribution in [0, 0.1) is 6.92 Å². The number of aliphatic hydroxyl groups excluding tert-OH is 1. The van der Waals surface area contributed by atoms with Gasteiger partial charge >= 0.3 is 0 Å². The van der Waals surface area contributed by atoms with Crippen LogP contribution in [0.15, 0.2) is 48.5 Å². The average molecular weight is 266 g/mol. The largest absolute Gasteiger partial charge is 0.386 e. The Hall–Kier alpha value is -2.13. The fourth-order valence-corrected chi connectivity index (χ4v) is 2.63. The number of nitrogens with zero attached hydrogens (tertiary/aromatic N) is 2. The molecule has 1 unspecified atom stereocenters. The number of hydrogen-bond donors (Lipinski definition) is 1. The van der Waals surface area contributed by atoms with Crippen LogP contribution in [0.1, 0.15) is 22.9 Å². The molecule has 20 heavy (non-hydrogen) atoms. The van der Waals surface area contributed by atoms with E-state index in [1.54, 1.807) is 0 Å². The summed E-state index contributed by atoms with van der Waals surface area (Å²) in [7, 11) is 1.91. The van der Waals surface area contributed by atoms with Gasteiger partial charge in [0.05, 0.1) is 11.2 Å². The molecular weight excluding hydrogens is 248 g/mol. The molecule has 0 spiro atoms. The first-order valence-electron chi connectivity index (χ1n) is 6.81. The van der Waals surface area contributed by atoms with Crippen LogP contribution in [-0.2, 0) is 13.5 Å². The molecule has 0 aliphatic heterocycles. The van der Waals surface area contributed by atoms with Crippen molar-refractivity contribution in [1.82, 2.24) is 9.78 Å². The summed E-state index contributed by atoms with van der Waals surface area (Å²) in [6.07, 6.45) is 0.00966. The standard InChI is InChI=1S/C17H18N2O/c1-12-7-3-4-8-13(12)11-16(20)17-14-9-5-6-10-15(14)19(2)18-17/h3-10,16,20H,11H2,1-2H3. The number of hydrogen-bond acceptors (Lipinski definition) is 2. The van der Waals surface area contributed by atoms with Crippen molar-refractivity contribution in [3.63, 3.8) is 0 Å². The van der Waals surface area contributed by atoms with Gasteiger partial charge in [-0.1, -0.05) is 42.5 Å². The van der Waals surface area contributed by atoms with Crippen molar-refractivity contribution < 1.29 is 5.11 Å². The molecule has 0 saturated heterocycles. The topological polar surface area (TPSA) is 38.1 Å². The smallest absolute Gasteiger partial charge is 0.102 e. The Kier molecular flexibility index (Phi) is 3.28. The summed E-state index contributed by atoms with van der Waals surface area (Å²) in [6.45, 7) is 2.07. The van der Waals surface area contributed by atoms with Crippen LogP contribution in [0.5, 0.6) is 0 Å². The molecule has 1 N–H and O–H groups in total. The molecule has 1 aromatic heterocycles. The van der Waals surface area contributed by atoms with Crippen molar-refractivity contribution in [3.05, 3.63) is 65.4 Å². The van der Waals surface area contributed by atoms with Crippen LogP contribution in [-0.4, -0.2) is 14.9 Å². The van der Waals surface area contributed by atoms with Crippen LogP contribution < -0.4 is 0 Å². The fourth-order valence-electron chi connectivity index (χ4n) is 2.63. The quantitative estimate of drug-likeness (QED) is 0.790. The zero-order valence-corrected chi connectivity index (χ0v) is 11.7. The first-order chi connectivity index (χ1) is 9.66. The highest BCUT2D eigenvalue weighted by molar-refractivity contribution is 5.82. The lowest BCUT2D eigenvalue weighted by Gasteiger charge is -2.10. The minimum Gasteiger partial charge on any atom is -0.386 e. The van der Waals surface area contributed by atoms with Gasteiger partial charge in [0.2, 0.25) is 0 Å². The SMILES string of the molecule is Cc1ccccc1CC(O)c1nn(C)c2ccccc12. The number of aryl methyl sites for hydroxylation is 2. The van der Waals surface area contributed by atoms with Gasteiger partial charge in [-0.25, -0.2) is 0 Å². The van der Waals surface area contributed by atoms with Crippen molar-refractivity contribution in [2.45, 2.75) is 19.4 Å². The molecule has 3 rings (SSSR count). The van der Waals surface area contributed by atoms with Crippen LogP contribution in [0.25, 0.3) is 10.9 Å². The van der Waals surface area contributed by atoms with Crippen molar-refractivity contribution >= 4 is 10.9 Å². The van der Waals surface area contributed by atoms with Gasteiger partial charge in [0, 0.05) is 18.9 Å². The Balaban J connectivity index is 1.97. The maximum absolute atomic E-state index is 10.5. The number of aliphatic hydroxyl groups is 1. The molecule has 3 nitrogen and oxygen atoms in total. The van der Waals surface area contributed by atoms with Crippen molar-refractivity contribution in [1.29, 1.82) is 0 Å². The van der Waals surface area contributed by atoms with Crippen molar-refractivity contribution in [2.24, 2.45) is 7.05 Å². The predicted octanol–water partition coefficient (Wildman–Crippen LogP) is 3.16. The number of para-hydroxylation sites is 1. The van der Waals surface area contributed by atoms with Gasteiger partial charge in [0.25, 0.3) is 0 Å². The molecule has 1 atom stereocenters. The van der Waals surface area contributed by atoms with Crippen LogP contribution in [0.3, 0.4) is 0 Å².